The molecule has 1 fully saturated rings. The molecule has 0 saturated carbocycles. The first-order valence-electron chi connectivity index (χ1n) is 7.94. The topological polar surface area (TPSA) is 12.5 Å². The smallest absolute Gasteiger partial charge is 0.175 e. The lowest BCUT2D eigenvalue weighted by atomic mass is 9.58. The van der Waals surface area contributed by atoms with Crippen molar-refractivity contribution in [3.63, 3.8) is 0 Å². The molecule has 0 aromatic heterocycles. The lowest BCUT2D eigenvalue weighted by Gasteiger charge is -2.62. The minimum absolute atomic E-state index is 0.178. The van der Waals surface area contributed by atoms with Crippen LogP contribution in [0.4, 0.5) is 0 Å². The number of hydrogen-bond acceptors (Lipinski definition) is 2. The normalized spacial score (nSPS) is 21.5. The van der Waals surface area contributed by atoms with Gasteiger partial charge in [-0.1, -0.05) is 81.4 Å². The van der Waals surface area contributed by atoms with E-state index in [0.717, 1.165) is 6.54 Å². The summed E-state index contributed by atoms with van der Waals surface area (Å²) in [6, 6.07) is 21.6. The van der Waals surface area contributed by atoms with Crippen LogP contribution in [0.3, 0.4) is 0 Å². The van der Waals surface area contributed by atoms with E-state index in [1.807, 2.05) is 0 Å². The molecule has 1 aliphatic rings. The summed E-state index contributed by atoms with van der Waals surface area (Å²) in [5.41, 5.74) is 2.68. The van der Waals surface area contributed by atoms with Crippen LogP contribution in [0.1, 0.15) is 31.9 Å². The third-order valence-corrected chi connectivity index (χ3v) is 5.38. The molecule has 3 rings (SSSR count). The molecule has 0 amide bonds. The summed E-state index contributed by atoms with van der Waals surface area (Å²) in [4.78, 5) is 0. The number of hydroxylamine groups is 2. The van der Waals surface area contributed by atoms with Crippen molar-refractivity contribution in [1.82, 2.24) is 5.06 Å². The van der Waals surface area contributed by atoms with Crippen LogP contribution < -0.4 is 0 Å². The van der Waals surface area contributed by atoms with Gasteiger partial charge in [0.2, 0.25) is 0 Å². The average Bonchev–Trinajstić information content (AvgIpc) is 2.48. The number of hydrogen-bond donors (Lipinski definition) is 0. The van der Waals surface area contributed by atoms with E-state index in [2.05, 4.69) is 86.5 Å². The second-order valence-electron chi connectivity index (χ2n) is 7.16. The molecule has 1 aliphatic heterocycles. The number of rotatable bonds is 3. The van der Waals surface area contributed by atoms with Gasteiger partial charge >= 0.3 is 0 Å². The Morgan fingerprint density at radius 3 is 1.77 bits per heavy atom. The Balaban J connectivity index is 2.22. The van der Waals surface area contributed by atoms with E-state index in [1.165, 1.54) is 11.1 Å². The number of benzene rings is 2. The van der Waals surface area contributed by atoms with Gasteiger partial charge in [-0.05, 0) is 16.5 Å². The Labute approximate surface area is 136 Å². The van der Waals surface area contributed by atoms with Crippen molar-refractivity contribution in [1.29, 1.82) is 0 Å². The fourth-order valence-electron chi connectivity index (χ4n) is 3.86. The molecule has 2 aromatic carbocycles. The summed E-state index contributed by atoms with van der Waals surface area (Å²) in [6.07, 6.45) is 0. The molecule has 2 nitrogen and oxygen atoms in total. The van der Waals surface area contributed by atoms with Crippen LogP contribution in [-0.4, -0.2) is 22.1 Å². The molecule has 0 aliphatic carbocycles. The molecule has 1 atom stereocenters. The Kier molecular flexibility index (Phi) is 3.97. The van der Waals surface area contributed by atoms with E-state index in [0.29, 0.717) is 16.4 Å². The highest BCUT2D eigenvalue weighted by Gasteiger charge is 2.59. The molecule has 0 bridgehead atoms. The summed E-state index contributed by atoms with van der Waals surface area (Å²) < 4.78 is 5.91. The Morgan fingerprint density at radius 1 is 0.955 bits per heavy atom. The van der Waals surface area contributed by atoms with Crippen molar-refractivity contribution in [3.8, 4) is 0 Å². The highest BCUT2D eigenvalue weighted by molar-refractivity contribution is 5.97. The van der Waals surface area contributed by atoms with Crippen LogP contribution in [0.2, 0.25) is 0 Å². The molecule has 3 heteroatoms. The van der Waals surface area contributed by atoms with Gasteiger partial charge in [-0.3, -0.25) is 0 Å². The zero-order valence-electron chi connectivity index (χ0n) is 13.9. The quantitative estimate of drug-likeness (QED) is 0.808. The summed E-state index contributed by atoms with van der Waals surface area (Å²) in [6.45, 7) is 7.99. The van der Waals surface area contributed by atoms with E-state index in [-0.39, 0.29) is 11.0 Å². The van der Waals surface area contributed by atoms with Crippen LogP contribution in [0.15, 0.2) is 60.7 Å². The van der Waals surface area contributed by atoms with Crippen molar-refractivity contribution >= 4 is 10.5 Å². The third-order valence-electron chi connectivity index (χ3n) is 4.94. The van der Waals surface area contributed by atoms with Crippen molar-refractivity contribution in [3.05, 3.63) is 71.8 Å². The fraction of sp³-hybridized carbons (Fsp3) is 0.368. The third kappa shape index (κ3) is 2.24. The second kappa shape index (κ2) is 5.65. The first-order valence-corrected chi connectivity index (χ1v) is 8.75. The van der Waals surface area contributed by atoms with Crippen LogP contribution in [0.5, 0.6) is 0 Å². The Bertz CT molecular complexity index is 581. The average molecular weight is 312 g/mol. The highest BCUT2D eigenvalue weighted by Crippen LogP contribution is 2.56. The molecule has 1 saturated heterocycles. The summed E-state index contributed by atoms with van der Waals surface area (Å²) in [5, 5.41) is 2.19. The van der Waals surface area contributed by atoms with Gasteiger partial charge in [-0.15, -0.1) is 0 Å². The van der Waals surface area contributed by atoms with Crippen LogP contribution in [0.25, 0.3) is 0 Å². The highest BCUT2D eigenvalue weighted by atomic mass is 28.2. The maximum absolute atomic E-state index is 5.91. The lowest BCUT2D eigenvalue weighted by molar-refractivity contribution is -0.257. The molecule has 0 radical (unpaired) electrons. The minimum atomic E-state index is -0.178. The van der Waals surface area contributed by atoms with Crippen molar-refractivity contribution in [2.75, 3.05) is 6.54 Å². The first kappa shape index (κ1) is 15.5. The Morgan fingerprint density at radius 2 is 1.41 bits per heavy atom. The van der Waals surface area contributed by atoms with Gasteiger partial charge in [0.1, 0.15) is 0 Å². The first-order chi connectivity index (χ1) is 10.5. The minimum Gasteiger partial charge on any atom is -0.353 e. The van der Waals surface area contributed by atoms with Gasteiger partial charge in [0.05, 0.1) is 5.54 Å². The van der Waals surface area contributed by atoms with Gasteiger partial charge in [0.15, 0.2) is 10.5 Å². The standard InChI is InChI=1S/C19H25NOSi/c1-18(2,3)17-14-20(21-22)19(17,15-10-6-4-7-11-15)16-12-8-5-9-13-16/h4-13,17H,14H2,1-3,22H3. The SMILES string of the molecule is CC(C)(C)C1CN(O[SiH3])C1(c1ccccc1)c1ccccc1. The molecule has 2 aromatic rings. The van der Waals surface area contributed by atoms with Crippen molar-refractivity contribution in [2.45, 2.75) is 26.3 Å². The largest absolute Gasteiger partial charge is 0.353 e. The van der Waals surface area contributed by atoms with Gasteiger partial charge in [-0.2, -0.15) is 5.06 Å². The van der Waals surface area contributed by atoms with E-state index in [4.69, 9.17) is 4.53 Å². The fourth-order valence-corrected chi connectivity index (χ4v) is 4.30. The lowest BCUT2D eigenvalue weighted by Crippen LogP contribution is -2.68. The molecule has 0 spiro atoms. The molecular weight excluding hydrogens is 286 g/mol. The predicted octanol–water partition coefficient (Wildman–Crippen LogP) is 3.12. The van der Waals surface area contributed by atoms with Gasteiger partial charge in [0.25, 0.3) is 0 Å². The zero-order valence-corrected chi connectivity index (χ0v) is 15.9. The Hall–Kier alpha value is -1.42. The summed E-state index contributed by atoms with van der Waals surface area (Å²) in [5.74, 6) is 0.513. The molecule has 1 heterocycles. The predicted molar refractivity (Wildman–Crippen MR) is 94.3 cm³/mol. The van der Waals surface area contributed by atoms with Crippen molar-refractivity contribution in [2.24, 2.45) is 11.3 Å². The van der Waals surface area contributed by atoms with Crippen LogP contribution in [0, 0.1) is 11.3 Å². The molecule has 22 heavy (non-hydrogen) atoms. The van der Waals surface area contributed by atoms with Crippen LogP contribution in [-0.2, 0) is 10.1 Å². The molecule has 116 valence electrons. The number of nitrogens with zero attached hydrogens (tertiary/aromatic N) is 1. The maximum atomic E-state index is 5.91. The van der Waals surface area contributed by atoms with Gasteiger partial charge in [-0.25, -0.2) is 0 Å². The van der Waals surface area contributed by atoms with Gasteiger partial charge < -0.3 is 4.53 Å². The van der Waals surface area contributed by atoms with Crippen molar-refractivity contribution < 1.29 is 4.53 Å². The molecular formula is C19H25NOSi. The van der Waals surface area contributed by atoms with Gasteiger partial charge in [0, 0.05) is 12.5 Å². The molecule has 1 unspecified atom stereocenters. The maximum Gasteiger partial charge on any atom is 0.175 e. The molecule has 0 N–H and O–H groups in total. The van der Waals surface area contributed by atoms with Crippen LogP contribution >= 0.6 is 0 Å². The van der Waals surface area contributed by atoms with E-state index < -0.39 is 0 Å². The second-order valence-corrected chi connectivity index (χ2v) is 7.53. The zero-order chi connectivity index (χ0) is 15.8. The van der Waals surface area contributed by atoms with E-state index >= 15 is 0 Å². The monoisotopic (exact) mass is 311 g/mol. The van der Waals surface area contributed by atoms with E-state index in [9.17, 15) is 0 Å². The summed E-state index contributed by atoms with van der Waals surface area (Å²) in [7, 11) is 0.711. The summed E-state index contributed by atoms with van der Waals surface area (Å²) >= 11 is 0. The van der Waals surface area contributed by atoms with E-state index in [1.54, 1.807) is 0 Å².